The zero-order chi connectivity index (χ0) is 21.8. The minimum Gasteiger partial charge on any atom is -0.383 e. The third-order valence-corrected chi connectivity index (χ3v) is 6.10. The summed E-state index contributed by atoms with van der Waals surface area (Å²) in [4.78, 5) is 15.6. The molecule has 1 aliphatic carbocycles. The van der Waals surface area contributed by atoms with Crippen LogP contribution in [0.1, 0.15) is 36.5 Å². The van der Waals surface area contributed by atoms with Crippen LogP contribution in [0.4, 0.5) is 10.2 Å². The Balaban J connectivity index is 1.45. The monoisotopic (exact) mass is 424 g/mol. The highest BCUT2D eigenvalue weighted by Gasteiger charge is 2.27. The van der Waals surface area contributed by atoms with Gasteiger partial charge in [-0.3, -0.25) is 9.69 Å². The number of hydrogen-bond donors (Lipinski definition) is 1. The minimum atomic E-state index is -0.337. The number of nitrogen functional groups attached to an aromatic ring is 1. The SMILES string of the molecule is CC1(CCCN2CCOCC2)C=C(C(=O)c2cnn(-c3ccc(F)cc3)c2N)C=CC1. The van der Waals surface area contributed by atoms with Crippen LogP contribution >= 0.6 is 0 Å². The lowest BCUT2D eigenvalue weighted by Gasteiger charge is -2.31. The Hall–Kier alpha value is -2.77. The van der Waals surface area contributed by atoms with Crippen LogP contribution in [0.15, 0.2) is 54.3 Å². The number of morpholine rings is 1. The molecule has 4 rings (SSSR count). The fourth-order valence-electron chi connectivity index (χ4n) is 4.26. The quantitative estimate of drug-likeness (QED) is 0.685. The Morgan fingerprint density at radius 1 is 1.26 bits per heavy atom. The van der Waals surface area contributed by atoms with Crippen LogP contribution in [0.25, 0.3) is 5.69 Å². The molecule has 1 aliphatic heterocycles. The zero-order valence-corrected chi connectivity index (χ0v) is 17.9. The Morgan fingerprint density at radius 2 is 2.00 bits per heavy atom. The molecular formula is C24H29FN4O2. The fraction of sp³-hybridized carbons (Fsp3) is 0.417. The predicted octanol–water partition coefficient (Wildman–Crippen LogP) is 3.78. The highest BCUT2D eigenvalue weighted by Crippen LogP contribution is 2.36. The number of benzene rings is 1. The lowest BCUT2D eigenvalue weighted by Crippen LogP contribution is -2.37. The average molecular weight is 425 g/mol. The van der Waals surface area contributed by atoms with Gasteiger partial charge in [0.1, 0.15) is 11.6 Å². The summed E-state index contributed by atoms with van der Waals surface area (Å²) < 4.78 is 20.1. The molecule has 0 saturated carbocycles. The van der Waals surface area contributed by atoms with Crippen LogP contribution in [-0.2, 0) is 4.74 Å². The topological polar surface area (TPSA) is 73.4 Å². The number of rotatable bonds is 7. The van der Waals surface area contributed by atoms with Gasteiger partial charge in [-0.05, 0) is 55.5 Å². The summed E-state index contributed by atoms with van der Waals surface area (Å²) >= 11 is 0. The average Bonchev–Trinajstić information content (AvgIpc) is 3.15. The Bertz CT molecular complexity index is 990. The van der Waals surface area contributed by atoms with Crippen molar-refractivity contribution in [3.05, 3.63) is 65.6 Å². The maximum atomic E-state index is 13.2. The van der Waals surface area contributed by atoms with E-state index in [1.807, 2.05) is 6.08 Å². The molecule has 2 aromatic rings. The molecule has 0 amide bonds. The molecule has 1 fully saturated rings. The fourth-order valence-corrected chi connectivity index (χ4v) is 4.26. The van der Waals surface area contributed by atoms with E-state index in [0.717, 1.165) is 52.1 Å². The van der Waals surface area contributed by atoms with Gasteiger partial charge >= 0.3 is 0 Å². The van der Waals surface area contributed by atoms with Crippen molar-refractivity contribution in [3.63, 3.8) is 0 Å². The molecule has 0 spiro atoms. The summed E-state index contributed by atoms with van der Waals surface area (Å²) in [6, 6.07) is 5.84. The van der Waals surface area contributed by atoms with Crippen LogP contribution in [-0.4, -0.2) is 53.3 Å². The van der Waals surface area contributed by atoms with Gasteiger partial charge < -0.3 is 10.5 Å². The minimum absolute atomic E-state index is 0.0618. The standard InChI is InChI=1S/C24H29FN4O2/c1-24(10-3-11-28-12-14-31-15-13-28)9-2-4-18(16-24)22(30)21-17-27-29(23(21)26)20-7-5-19(25)6-8-20/h2,4-8,16-17H,3,9-15,26H2,1H3. The maximum Gasteiger partial charge on any atom is 0.198 e. The summed E-state index contributed by atoms with van der Waals surface area (Å²) in [5.74, 6) is -0.220. The normalized spacial score (nSPS) is 21.8. The third kappa shape index (κ3) is 4.94. The number of carbonyl (C=O) groups is 1. The molecule has 1 aromatic heterocycles. The molecule has 164 valence electrons. The molecule has 6 nitrogen and oxygen atoms in total. The van der Waals surface area contributed by atoms with E-state index < -0.39 is 0 Å². The maximum absolute atomic E-state index is 13.2. The Morgan fingerprint density at radius 3 is 2.74 bits per heavy atom. The highest BCUT2D eigenvalue weighted by molar-refractivity contribution is 6.13. The number of ketones is 1. The van der Waals surface area contributed by atoms with Crippen molar-refractivity contribution in [3.8, 4) is 5.69 Å². The molecule has 0 bridgehead atoms. The van der Waals surface area contributed by atoms with Gasteiger partial charge in [0.2, 0.25) is 0 Å². The number of ether oxygens (including phenoxy) is 1. The van der Waals surface area contributed by atoms with E-state index >= 15 is 0 Å². The Labute approximate surface area is 182 Å². The number of Topliss-reactive ketones (excluding diaryl/α,β-unsaturated/α-hetero) is 1. The van der Waals surface area contributed by atoms with Gasteiger partial charge in [0, 0.05) is 18.7 Å². The molecule has 1 unspecified atom stereocenters. The molecule has 7 heteroatoms. The second-order valence-corrected chi connectivity index (χ2v) is 8.58. The lowest BCUT2D eigenvalue weighted by atomic mass is 9.77. The molecule has 2 heterocycles. The second-order valence-electron chi connectivity index (χ2n) is 8.58. The van der Waals surface area contributed by atoms with Crippen LogP contribution in [0, 0.1) is 11.2 Å². The summed E-state index contributed by atoms with van der Waals surface area (Å²) in [6.07, 6.45) is 10.5. The highest BCUT2D eigenvalue weighted by atomic mass is 19.1. The van der Waals surface area contributed by atoms with Crippen molar-refractivity contribution in [1.82, 2.24) is 14.7 Å². The van der Waals surface area contributed by atoms with Crippen molar-refractivity contribution < 1.29 is 13.9 Å². The molecule has 1 saturated heterocycles. The van der Waals surface area contributed by atoms with E-state index in [4.69, 9.17) is 10.5 Å². The van der Waals surface area contributed by atoms with E-state index in [9.17, 15) is 9.18 Å². The molecule has 31 heavy (non-hydrogen) atoms. The number of hydrogen-bond acceptors (Lipinski definition) is 5. The van der Waals surface area contributed by atoms with Gasteiger partial charge in [0.05, 0.1) is 30.7 Å². The molecule has 0 radical (unpaired) electrons. The number of carbonyl (C=O) groups excluding carboxylic acids is 1. The van der Waals surface area contributed by atoms with E-state index in [1.165, 1.54) is 23.0 Å². The van der Waals surface area contributed by atoms with Crippen molar-refractivity contribution in [2.45, 2.75) is 26.2 Å². The zero-order valence-electron chi connectivity index (χ0n) is 17.9. The van der Waals surface area contributed by atoms with Crippen LogP contribution in [0.5, 0.6) is 0 Å². The first-order chi connectivity index (χ1) is 15.0. The van der Waals surface area contributed by atoms with Crippen molar-refractivity contribution in [2.75, 3.05) is 38.6 Å². The second kappa shape index (κ2) is 9.16. The molecular weight excluding hydrogens is 395 g/mol. The van der Waals surface area contributed by atoms with Crippen LogP contribution in [0.3, 0.4) is 0 Å². The number of halogens is 1. The largest absolute Gasteiger partial charge is 0.383 e. The molecule has 1 aromatic carbocycles. The molecule has 2 N–H and O–H groups in total. The van der Waals surface area contributed by atoms with Crippen LogP contribution in [0.2, 0.25) is 0 Å². The van der Waals surface area contributed by atoms with Gasteiger partial charge in [-0.2, -0.15) is 5.10 Å². The predicted molar refractivity (Wildman–Crippen MR) is 119 cm³/mol. The summed E-state index contributed by atoms with van der Waals surface area (Å²) in [5.41, 5.74) is 7.78. The van der Waals surface area contributed by atoms with Crippen molar-refractivity contribution >= 4 is 11.6 Å². The summed E-state index contributed by atoms with van der Waals surface area (Å²) in [5, 5.41) is 4.25. The van der Waals surface area contributed by atoms with Crippen molar-refractivity contribution in [2.24, 2.45) is 5.41 Å². The number of nitrogens with two attached hydrogens (primary N) is 1. The summed E-state index contributed by atoms with van der Waals surface area (Å²) in [7, 11) is 0. The van der Waals surface area contributed by atoms with Gasteiger partial charge in [-0.1, -0.05) is 25.2 Å². The van der Waals surface area contributed by atoms with Gasteiger partial charge in [-0.25, -0.2) is 9.07 Å². The smallest absolute Gasteiger partial charge is 0.198 e. The van der Waals surface area contributed by atoms with E-state index in [0.29, 0.717) is 16.8 Å². The van der Waals surface area contributed by atoms with Gasteiger partial charge in [-0.15, -0.1) is 0 Å². The number of anilines is 1. The Kier molecular flexibility index (Phi) is 6.34. The number of nitrogens with zero attached hydrogens (tertiary/aromatic N) is 3. The van der Waals surface area contributed by atoms with Crippen LogP contribution < -0.4 is 5.73 Å². The third-order valence-electron chi connectivity index (χ3n) is 6.10. The number of allylic oxidation sites excluding steroid dienone is 4. The lowest BCUT2D eigenvalue weighted by molar-refractivity contribution is 0.0362. The molecule has 1 atom stereocenters. The molecule has 2 aliphatic rings. The van der Waals surface area contributed by atoms with Gasteiger partial charge in [0.25, 0.3) is 0 Å². The van der Waals surface area contributed by atoms with E-state index in [1.54, 1.807) is 12.1 Å². The first-order valence-corrected chi connectivity index (χ1v) is 10.8. The first-order valence-electron chi connectivity index (χ1n) is 10.8. The van der Waals surface area contributed by atoms with Crippen molar-refractivity contribution in [1.29, 1.82) is 0 Å². The first kappa shape index (κ1) is 21.5. The van der Waals surface area contributed by atoms with Gasteiger partial charge in [0.15, 0.2) is 5.78 Å². The van der Waals surface area contributed by atoms with E-state index in [2.05, 4.69) is 29.1 Å². The number of aromatic nitrogens is 2. The van der Waals surface area contributed by atoms with E-state index in [-0.39, 0.29) is 22.8 Å². The summed E-state index contributed by atoms with van der Waals surface area (Å²) in [6.45, 7) is 6.86.